The summed E-state index contributed by atoms with van der Waals surface area (Å²) in [6.07, 6.45) is 7.42. The van der Waals surface area contributed by atoms with Crippen LogP contribution in [0.1, 0.15) is 35.4 Å². The van der Waals surface area contributed by atoms with E-state index in [1.54, 1.807) is 29.4 Å². The van der Waals surface area contributed by atoms with E-state index in [4.69, 9.17) is 9.72 Å². The Morgan fingerprint density at radius 2 is 2.23 bits per heavy atom. The molecule has 6 heteroatoms. The first-order chi connectivity index (χ1) is 12.6. The Balaban J connectivity index is 1.69. The van der Waals surface area contributed by atoms with Crippen molar-refractivity contribution in [3.8, 4) is 5.75 Å². The summed E-state index contributed by atoms with van der Waals surface area (Å²) in [4.78, 5) is 20.7. The summed E-state index contributed by atoms with van der Waals surface area (Å²) in [5.41, 5.74) is 2.28. The second-order valence-corrected chi connectivity index (χ2v) is 8.25. The number of aryl methyl sites for hydroxylation is 3. The zero-order chi connectivity index (χ0) is 18.5. The normalized spacial score (nSPS) is 13.2. The van der Waals surface area contributed by atoms with Gasteiger partial charge in [0.2, 0.25) is 5.91 Å². The van der Waals surface area contributed by atoms with Gasteiger partial charge in [-0.2, -0.15) is 0 Å². The summed E-state index contributed by atoms with van der Waals surface area (Å²) in [6, 6.07) is 5.92. The third kappa shape index (κ3) is 4.35. The van der Waals surface area contributed by atoms with Crippen LogP contribution in [0.25, 0.3) is 0 Å². The van der Waals surface area contributed by atoms with Crippen molar-refractivity contribution in [3.05, 3.63) is 51.5 Å². The largest absolute Gasteiger partial charge is 0.496 e. The number of rotatable bonds is 7. The van der Waals surface area contributed by atoms with E-state index >= 15 is 0 Å². The Morgan fingerprint density at radius 3 is 2.92 bits per heavy atom. The molecule has 1 aromatic carbocycles. The van der Waals surface area contributed by atoms with Crippen LogP contribution in [0.3, 0.4) is 0 Å². The molecule has 1 heterocycles. The number of hydrogen-bond acceptors (Lipinski definition) is 4. The monoisotopic (exact) mass is 434 g/mol. The van der Waals surface area contributed by atoms with Gasteiger partial charge in [-0.05, 0) is 65.7 Å². The van der Waals surface area contributed by atoms with Gasteiger partial charge in [0.25, 0.3) is 0 Å². The number of benzene rings is 1. The van der Waals surface area contributed by atoms with Crippen molar-refractivity contribution in [1.29, 1.82) is 0 Å². The van der Waals surface area contributed by atoms with Crippen LogP contribution in [-0.4, -0.2) is 24.5 Å². The van der Waals surface area contributed by atoms with Crippen molar-refractivity contribution in [2.45, 2.75) is 38.5 Å². The SMILES string of the molecule is C=CCN(C(=O)CCc1ccc(OC)c(Br)c1)c1nc2c(s1)CCCC2. The lowest BCUT2D eigenvalue weighted by atomic mass is 10.0. The molecule has 0 fully saturated rings. The molecule has 2 aromatic rings. The second-order valence-electron chi connectivity index (χ2n) is 6.34. The molecule has 1 aromatic heterocycles. The van der Waals surface area contributed by atoms with Crippen molar-refractivity contribution in [2.24, 2.45) is 0 Å². The molecular weight excluding hydrogens is 412 g/mol. The van der Waals surface area contributed by atoms with Gasteiger partial charge in [0.05, 0.1) is 17.3 Å². The van der Waals surface area contributed by atoms with E-state index in [0.717, 1.165) is 33.8 Å². The molecule has 0 spiro atoms. The number of carbonyl (C=O) groups excluding carboxylic acids is 1. The minimum atomic E-state index is 0.0861. The highest BCUT2D eigenvalue weighted by molar-refractivity contribution is 9.10. The molecule has 0 saturated carbocycles. The lowest BCUT2D eigenvalue weighted by Crippen LogP contribution is -2.31. The van der Waals surface area contributed by atoms with Crippen LogP contribution >= 0.6 is 27.3 Å². The first-order valence-electron chi connectivity index (χ1n) is 8.84. The predicted molar refractivity (Wildman–Crippen MR) is 110 cm³/mol. The van der Waals surface area contributed by atoms with Gasteiger partial charge in [0.1, 0.15) is 5.75 Å². The van der Waals surface area contributed by atoms with Crippen molar-refractivity contribution in [2.75, 3.05) is 18.6 Å². The van der Waals surface area contributed by atoms with Gasteiger partial charge in [-0.3, -0.25) is 9.69 Å². The number of nitrogens with zero attached hydrogens (tertiary/aromatic N) is 2. The van der Waals surface area contributed by atoms with E-state index in [0.29, 0.717) is 19.4 Å². The van der Waals surface area contributed by atoms with Gasteiger partial charge in [-0.15, -0.1) is 17.9 Å². The Morgan fingerprint density at radius 1 is 1.42 bits per heavy atom. The van der Waals surface area contributed by atoms with E-state index in [9.17, 15) is 4.79 Å². The number of methoxy groups -OCH3 is 1. The molecule has 26 heavy (non-hydrogen) atoms. The first kappa shape index (κ1) is 19.1. The molecule has 0 saturated heterocycles. The van der Waals surface area contributed by atoms with Crippen molar-refractivity contribution in [3.63, 3.8) is 0 Å². The molecule has 0 bridgehead atoms. The molecule has 1 aliphatic rings. The van der Waals surface area contributed by atoms with E-state index < -0.39 is 0 Å². The van der Waals surface area contributed by atoms with Gasteiger partial charge in [-0.25, -0.2) is 4.98 Å². The number of carbonyl (C=O) groups is 1. The molecule has 0 N–H and O–H groups in total. The number of thiazole rings is 1. The quantitative estimate of drug-likeness (QED) is 0.579. The third-order valence-electron chi connectivity index (χ3n) is 4.52. The molecule has 0 aliphatic heterocycles. The van der Waals surface area contributed by atoms with Crippen LogP contribution < -0.4 is 9.64 Å². The zero-order valence-electron chi connectivity index (χ0n) is 15.0. The predicted octanol–water partition coefficient (Wildman–Crippen LogP) is 4.94. The van der Waals surface area contributed by atoms with Crippen molar-refractivity contribution >= 4 is 38.3 Å². The number of anilines is 1. The van der Waals surface area contributed by atoms with Crippen LogP contribution in [0.5, 0.6) is 5.75 Å². The fourth-order valence-corrected chi connectivity index (χ4v) is 4.88. The van der Waals surface area contributed by atoms with Crippen LogP contribution in [0.4, 0.5) is 5.13 Å². The minimum absolute atomic E-state index is 0.0861. The molecule has 138 valence electrons. The minimum Gasteiger partial charge on any atom is -0.496 e. The molecule has 4 nitrogen and oxygen atoms in total. The van der Waals surface area contributed by atoms with Crippen LogP contribution in [-0.2, 0) is 24.1 Å². The number of amides is 1. The maximum Gasteiger partial charge on any atom is 0.229 e. The van der Waals surface area contributed by atoms with Crippen LogP contribution in [0, 0.1) is 0 Å². The fourth-order valence-electron chi connectivity index (χ4n) is 3.12. The van der Waals surface area contributed by atoms with Gasteiger partial charge < -0.3 is 4.74 Å². The van der Waals surface area contributed by atoms with E-state index in [-0.39, 0.29) is 5.91 Å². The zero-order valence-corrected chi connectivity index (χ0v) is 17.4. The van der Waals surface area contributed by atoms with E-state index in [2.05, 4.69) is 22.5 Å². The Hall–Kier alpha value is -1.66. The average molecular weight is 435 g/mol. The maximum absolute atomic E-state index is 12.8. The lowest BCUT2D eigenvalue weighted by Gasteiger charge is -2.18. The average Bonchev–Trinajstić information content (AvgIpc) is 3.08. The maximum atomic E-state index is 12.8. The number of halogens is 1. The molecule has 1 amide bonds. The number of aromatic nitrogens is 1. The summed E-state index contributed by atoms with van der Waals surface area (Å²) in [7, 11) is 1.64. The fraction of sp³-hybridized carbons (Fsp3) is 0.400. The summed E-state index contributed by atoms with van der Waals surface area (Å²) >= 11 is 5.16. The standard InChI is InChI=1S/C20H23BrN2O2S/c1-3-12-23(20-22-16-6-4-5-7-18(16)26-20)19(24)11-9-14-8-10-17(25-2)15(21)13-14/h3,8,10,13H,1,4-7,9,11-12H2,2H3. The van der Waals surface area contributed by atoms with Gasteiger partial charge in [0, 0.05) is 17.8 Å². The molecule has 3 rings (SSSR count). The highest BCUT2D eigenvalue weighted by Gasteiger charge is 2.22. The highest BCUT2D eigenvalue weighted by Crippen LogP contribution is 2.32. The van der Waals surface area contributed by atoms with Crippen molar-refractivity contribution < 1.29 is 9.53 Å². The second kappa shape index (κ2) is 8.82. The highest BCUT2D eigenvalue weighted by atomic mass is 79.9. The third-order valence-corrected chi connectivity index (χ3v) is 6.32. The Bertz CT molecular complexity index is 780. The lowest BCUT2D eigenvalue weighted by molar-refractivity contribution is -0.118. The van der Waals surface area contributed by atoms with E-state index in [1.807, 2.05) is 18.2 Å². The number of hydrogen-bond donors (Lipinski definition) is 0. The summed E-state index contributed by atoms with van der Waals surface area (Å²) in [5, 5.41) is 0.817. The van der Waals surface area contributed by atoms with Gasteiger partial charge in [0.15, 0.2) is 5.13 Å². The molecule has 1 aliphatic carbocycles. The number of fused-ring (bicyclic) bond motifs is 1. The van der Waals surface area contributed by atoms with Gasteiger partial charge in [-0.1, -0.05) is 12.1 Å². The summed E-state index contributed by atoms with van der Waals surface area (Å²) in [5.74, 6) is 0.879. The van der Waals surface area contributed by atoms with E-state index in [1.165, 1.54) is 23.4 Å². The topological polar surface area (TPSA) is 42.4 Å². The molecule has 0 radical (unpaired) electrons. The van der Waals surface area contributed by atoms with Crippen LogP contribution in [0.2, 0.25) is 0 Å². The number of ether oxygens (including phenoxy) is 1. The molecule has 0 atom stereocenters. The Labute approximate surface area is 167 Å². The van der Waals surface area contributed by atoms with Crippen molar-refractivity contribution in [1.82, 2.24) is 4.98 Å². The molecular formula is C20H23BrN2O2S. The Kier molecular flexibility index (Phi) is 6.48. The summed E-state index contributed by atoms with van der Waals surface area (Å²) in [6.45, 7) is 4.30. The van der Waals surface area contributed by atoms with Gasteiger partial charge >= 0.3 is 0 Å². The summed E-state index contributed by atoms with van der Waals surface area (Å²) < 4.78 is 6.16. The van der Waals surface area contributed by atoms with Crippen LogP contribution in [0.15, 0.2) is 35.3 Å². The first-order valence-corrected chi connectivity index (χ1v) is 10.5. The smallest absolute Gasteiger partial charge is 0.229 e. The molecule has 0 unspecified atom stereocenters.